The highest BCUT2D eigenvalue weighted by Crippen LogP contribution is 2.34. The van der Waals surface area contributed by atoms with Gasteiger partial charge in [0.2, 0.25) is 4.96 Å². The molecule has 0 radical (unpaired) electrons. The molecule has 0 aliphatic heterocycles. The average Bonchev–Trinajstić information content (AvgIpc) is 3.31. The molecule has 0 aliphatic rings. The zero-order valence-corrected chi connectivity index (χ0v) is 20.2. The van der Waals surface area contributed by atoms with Gasteiger partial charge in [-0.05, 0) is 49.8 Å². The van der Waals surface area contributed by atoms with Crippen LogP contribution in [0.5, 0.6) is 5.75 Å². The number of fused-ring (bicyclic) bond motifs is 1. The van der Waals surface area contributed by atoms with Crippen molar-refractivity contribution in [2.45, 2.75) is 13.8 Å². The summed E-state index contributed by atoms with van der Waals surface area (Å²) in [6.45, 7) is 3.78. The maximum absolute atomic E-state index is 12.6. The first-order valence-corrected chi connectivity index (χ1v) is 11.2. The summed E-state index contributed by atoms with van der Waals surface area (Å²) in [6, 6.07) is 8.75. The summed E-state index contributed by atoms with van der Waals surface area (Å²) in [5, 5.41) is 19.7. The Morgan fingerprint density at radius 3 is 2.53 bits per heavy atom. The SMILES string of the molecule is COc1c(Cl)cc(C(=O)NC(=S)Nc2cc(-c3nn4c(C)nnc4s3)ccc2C)cc1Cl. The first-order chi connectivity index (χ1) is 15.3. The molecular formula is C20H16Cl2N6O2S2. The highest BCUT2D eigenvalue weighted by molar-refractivity contribution is 7.80. The second-order valence-electron chi connectivity index (χ2n) is 6.76. The minimum Gasteiger partial charge on any atom is -0.494 e. The topological polar surface area (TPSA) is 93.4 Å². The van der Waals surface area contributed by atoms with E-state index in [-0.39, 0.29) is 20.7 Å². The number of benzene rings is 2. The van der Waals surface area contributed by atoms with E-state index in [0.717, 1.165) is 27.6 Å². The monoisotopic (exact) mass is 506 g/mol. The lowest BCUT2D eigenvalue weighted by molar-refractivity contribution is 0.0977. The van der Waals surface area contributed by atoms with Gasteiger partial charge in [0.05, 0.1) is 17.2 Å². The standard InChI is InChI=1S/C20H16Cl2N6O2S2/c1-9-4-5-11(18-27-28-10(2)25-26-20(28)32-18)8-15(9)23-19(31)24-17(29)12-6-13(21)16(30-3)14(22)7-12/h4-8H,1-3H3,(H2,23,24,29,31). The van der Waals surface area contributed by atoms with Crippen LogP contribution in [0.3, 0.4) is 0 Å². The molecule has 0 unspecified atom stereocenters. The van der Waals surface area contributed by atoms with Gasteiger partial charge in [-0.15, -0.1) is 10.2 Å². The Balaban J connectivity index is 1.52. The fourth-order valence-corrected chi connectivity index (χ4v) is 4.66. The number of methoxy groups -OCH3 is 1. The number of aromatic nitrogens is 4. The van der Waals surface area contributed by atoms with Crippen LogP contribution >= 0.6 is 46.8 Å². The molecule has 164 valence electrons. The Bertz CT molecular complexity index is 1340. The Labute approximate surface area is 202 Å². The van der Waals surface area contributed by atoms with Gasteiger partial charge in [-0.2, -0.15) is 9.61 Å². The van der Waals surface area contributed by atoms with Crippen molar-refractivity contribution in [3.05, 3.63) is 57.3 Å². The first-order valence-electron chi connectivity index (χ1n) is 9.22. The Morgan fingerprint density at radius 2 is 1.88 bits per heavy atom. The molecule has 2 aromatic heterocycles. The van der Waals surface area contributed by atoms with Crippen LogP contribution < -0.4 is 15.4 Å². The molecule has 0 saturated carbocycles. The molecule has 0 saturated heterocycles. The van der Waals surface area contributed by atoms with Gasteiger partial charge < -0.3 is 10.1 Å². The van der Waals surface area contributed by atoms with Crippen LogP contribution in [-0.4, -0.2) is 37.9 Å². The van der Waals surface area contributed by atoms with E-state index in [1.165, 1.54) is 30.6 Å². The summed E-state index contributed by atoms with van der Waals surface area (Å²) < 4.78 is 6.80. The molecule has 2 heterocycles. The summed E-state index contributed by atoms with van der Waals surface area (Å²) in [5.41, 5.74) is 2.82. The second-order valence-corrected chi connectivity index (χ2v) is 8.94. The maximum atomic E-state index is 12.6. The zero-order chi connectivity index (χ0) is 23.0. The fraction of sp³-hybridized carbons (Fsp3) is 0.150. The average molecular weight is 507 g/mol. The summed E-state index contributed by atoms with van der Waals surface area (Å²) >= 11 is 19.0. The van der Waals surface area contributed by atoms with Gasteiger partial charge in [0, 0.05) is 16.8 Å². The molecule has 0 aliphatic carbocycles. The predicted octanol–water partition coefficient (Wildman–Crippen LogP) is 4.91. The van der Waals surface area contributed by atoms with Gasteiger partial charge in [0.1, 0.15) is 5.01 Å². The molecule has 4 aromatic rings. The van der Waals surface area contributed by atoms with E-state index in [4.69, 9.17) is 40.2 Å². The molecule has 8 nitrogen and oxygen atoms in total. The number of carbonyl (C=O) groups excluding carboxylic acids is 1. The van der Waals surface area contributed by atoms with Gasteiger partial charge >= 0.3 is 0 Å². The fourth-order valence-electron chi connectivity index (χ4n) is 2.94. The molecule has 12 heteroatoms. The summed E-state index contributed by atoms with van der Waals surface area (Å²) in [5.74, 6) is 0.570. The van der Waals surface area contributed by atoms with E-state index >= 15 is 0 Å². The van der Waals surface area contributed by atoms with Crippen LogP contribution in [0.2, 0.25) is 10.0 Å². The number of amides is 1. The van der Waals surface area contributed by atoms with E-state index in [9.17, 15) is 4.79 Å². The number of ether oxygens (including phenoxy) is 1. The quantitative estimate of drug-likeness (QED) is 0.379. The number of anilines is 1. The number of hydrogen-bond acceptors (Lipinski definition) is 7. The lowest BCUT2D eigenvalue weighted by Gasteiger charge is -2.13. The number of nitrogens with zero attached hydrogens (tertiary/aromatic N) is 4. The third kappa shape index (κ3) is 4.40. The van der Waals surface area contributed by atoms with Crippen molar-refractivity contribution in [2.75, 3.05) is 12.4 Å². The molecule has 2 N–H and O–H groups in total. The second kappa shape index (κ2) is 8.99. The van der Waals surface area contributed by atoms with Crippen molar-refractivity contribution >= 4 is 68.4 Å². The molecule has 32 heavy (non-hydrogen) atoms. The van der Waals surface area contributed by atoms with Crippen molar-refractivity contribution in [1.82, 2.24) is 25.1 Å². The minimum absolute atomic E-state index is 0.132. The molecule has 1 amide bonds. The molecule has 2 aromatic carbocycles. The van der Waals surface area contributed by atoms with Crippen molar-refractivity contribution in [1.29, 1.82) is 0 Å². The Morgan fingerprint density at radius 1 is 1.16 bits per heavy atom. The maximum Gasteiger partial charge on any atom is 0.257 e. The highest BCUT2D eigenvalue weighted by Gasteiger charge is 2.16. The van der Waals surface area contributed by atoms with Crippen LogP contribution in [0.4, 0.5) is 5.69 Å². The van der Waals surface area contributed by atoms with E-state index < -0.39 is 5.91 Å². The van der Waals surface area contributed by atoms with Crippen LogP contribution in [-0.2, 0) is 0 Å². The van der Waals surface area contributed by atoms with E-state index in [2.05, 4.69) is 25.9 Å². The predicted molar refractivity (Wildman–Crippen MR) is 130 cm³/mol. The summed E-state index contributed by atoms with van der Waals surface area (Å²) in [4.78, 5) is 13.3. The van der Waals surface area contributed by atoms with Gasteiger partial charge in [0.15, 0.2) is 16.7 Å². The van der Waals surface area contributed by atoms with Gasteiger partial charge in [-0.25, -0.2) is 0 Å². The van der Waals surface area contributed by atoms with Crippen LogP contribution in [0.15, 0.2) is 30.3 Å². The first kappa shape index (κ1) is 22.4. The highest BCUT2D eigenvalue weighted by atomic mass is 35.5. The van der Waals surface area contributed by atoms with Crippen LogP contribution in [0, 0.1) is 13.8 Å². The van der Waals surface area contributed by atoms with Crippen molar-refractivity contribution in [3.8, 4) is 16.3 Å². The zero-order valence-electron chi connectivity index (χ0n) is 17.1. The molecule has 0 fully saturated rings. The molecule has 0 spiro atoms. The molecule has 0 atom stereocenters. The number of aryl methyl sites for hydroxylation is 2. The van der Waals surface area contributed by atoms with Crippen LogP contribution in [0.1, 0.15) is 21.7 Å². The molecule has 4 rings (SSSR count). The number of halogens is 2. The number of hydrogen-bond donors (Lipinski definition) is 2. The largest absolute Gasteiger partial charge is 0.494 e. The normalized spacial score (nSPS) is 10.9. The Kier molecular flexibility index (Phi) is 6.29. The summed E-state index contributed by atoms with van der Waals surface area (Å²) in [7, 11) is 1.45. The lowest BCUT2D eigenvalue weighted by Crippen LogP contribution is -2.34. The van der Waals surface area contributed by atoms with Crippen molar-refractivity contribution in [2.24, 2.45) is 0 Å². The molecular weight excluding hydrogens is 491 g/mol. The van der Waals surface area contributed by atoms with Crippen molar-refractivity contribution < 1.29 is 9.53 Å². The number of carbonyl (C=O) groups is 1. The third-order valence-electron chi connectivity index (χ3n) is 4.57. The van der Waals surface area contributed by atoms with Gasteiger partial charge in [-0.3, -0.25) is 10.1 Å². The number of rotatable bonds is 4. The lowest BCUT2D eigenvalue weighted by atomic mass is 10.1. The van der Waals surface area contributed by atoms with Crippen LogP contribution in [0.25, 0.3) is 15.5 Å². The van der Waals surface area contributed by atoms with E-state index in [1.807, 2.05) is 32.0 Å². The number of nitrogens with one attached hydrogen (secondary N) is 2. The number of thiocarbonyl (C=S) groups is 1. The summed E-state index contributed by atoms with van der Waals surface area (Å²) in [6.07, 6.45) is 0. The van der Waals surface area contributed by atoms with Gasteiger partial charge in [0.25, 0.3) is 5.91 Å². The smallest absolute Gasteiger partial charge is 0.257 e. The Hall–Kier alpha value is -2.79. The van der Waals surface area contributed by atoms with E-state index in [0.29, 0.717) is 10.7 Å². The minimum atomic E-state index is -0.452. The third-order valence-corrected chi connectivity index (χ3v) is 6.28. The van der Waals surface area contributed by atoms with E-state index in [1.54, 1.807) is 4.52 Å². The molecule has 0 bridgehead atoms. The van der Waals surface area contributed by atoms with Gasteiger partial charge in [-0.1, -0.05) is 46.7 Å². The van der Waals surface area contributed by atoms with Crippen molar-refractivity contribution in [3.63, 3.8) is 0 Å².